The Morgan fingerprint density at radius 1 is 1.64 bits per heavy atom. The summed E-state index contributed by atoms with van der Waals surface area (Å²) < 4.78 is 10.2. The first-order valence-corrected chi connectivity index (χ1v) is 3.53. The van der Waals surface area contributed by atoms with Crippen LogP contribution in [0.4, 0.5) is 0 Å². The Morgan fingerprint density at radius 3 is 3.18 bits per heavy atom. The molecule has 0 amide bonds. The van der Waals surface area contributed by atoms with Crippen LogP contribution in [-0.4, -0.2) is 12.5 Å². The van der Waals surface area contributed by atoms with Gasteiger partial charge in [-0.15, -0.1) is 0 Å². The molecule has 1 rings (SSSR count). The van der Waals surface area contributed by atoms with E-state index in [1.165, 1.54) is 6.26 Å². The van der Waals surface area contributed by atoms with Gasteiger partial charge in [-0.2, -0.15) is 0 Å². The summed E-state index contributed by atoms with van der Waals surface area (Å²) in [4.78, 5) is 3.98. The molecule has 0 aromatic rings. The average molecular weight is 153 g/mol. The third-order valence-corrected chi connectivity index (χ3v) is 1.14. The molecule has 3 nitrogen and oxygen atoms in total. The van der Waals surface area contributed by atoms with Crippen LogP contribution in [0.2, 0.25) is 0 Å². The smallest absolute Gasteiger partial charge is 0.216 e. The molecular formula is C8H11NO2. The highest BCUT2D eigenvalue weighted by Crippen LogP contribution is 2.02. The van der Waals surface area contributed by atoms with Crippen LogP contribution in [0.25, 0.3) is 0 Å². The van der Waals surface area contributed by atoms with E-state index in [2.05, 4.69) is 4.99 Å². The quantitative estimate of drug-likeness (QED) is 0.575. The number of hydrogen-bond acceptors (Lipinski definition) is 3. The summed E-state index contributed by atoms with van der Waals surface area (Å²) in [6, 6.07) is 0. The van der Waals surface area contributed by atoms with Gasteiger partial charge in [-0.3, -0.25) is 0 Å². The van der Waals surface area contributed by atoms with Crippen LogP contribution in [0.5, 0.6) is 0 Å². The Kier molecular flexibility index (Phi) is 2.72. The lowest BCUT2D eigenvalue weighted by Crippen LogP contribution is -2.00. The maximum absolute atomic E-state index is 5.18. The van der Waals surface area contributed by atoms with Crippen molar-refractivity contribution in [3.63, 3.8) is 0 Å². The zero-order valence-corrected chi connectivity index (χ0v) is 6.70. The zero-order valence-electron chi connectivity index (χ0n) is 6.70. The molecule has 0 aromatic heterocycles. The van der Waals surface area contributed by atoms with Gasteiger partial charge in [0.05, 0.1) is 12.8 Å². The van der Waals surface area contributed by atoms with Crippen LogP contribution in [0.1, 0.15) is 13.8 Å². The molecule has 0 atom stereocenters. The summed E-state index contributed by atoms with van der Waals surface area (Å²) in [5, 5.41) is 0. The summed E-state index contributed by atoms with van der Waals surface area (Å²) in [5.74, 6) is 1.38. The molecule has 0 aliphatic carbocycles. The van der Waals surface area contributed by atoms with Gasteiger partial charge < -0.3 is 9.47 Å². The molecule has 3 heteroatoms. The van der Waals surface area contributed by atoms with E-state index in [4.69, 9.17) is 9.47 Å². The van der Waals surface area contributed by atoms with Crippen molar-refractivity contribution in [3.05, 3.63) is 24.3 Å². The van der Waals surface area contributed by atoms with Gasteiger partial charge in [0.25, 0.3) is 0 Å². The fourth-order valence-corrected chi connectivity index (χ4v) is 0.714. The van der Waals surface area contributed by atoms with E-state index in [1.807, 2.05) is 13.8 Å². The van der Waals surface area contributed by atoms with Crippen molar-refractivity contribution in [2.24, 2.45) is 4.99 Å². The van der Waals surface area contributed by atoms with Crippen molar-refractivity contribution >= 4 is 5.90 Å². The van der Waals surface area contributed by atoms with E-state index in [-0.39, 0.29) is 0 Å². The first kappa shape index (κ1) is 7.85. The third-order valence-electron chi connectivity index (χ3n) is 1.14. The lowest BCUT2D eigenvalue weighted by Gasteiger charge is -2.00. The number of nitrogens with zero attached hydrogens (tertiary/aromatic N) is 1. The highest BCUT2D eigenvalue weighted by Gasteiger charge is 1.98. The van der Waals surface area contributed by atoms with Crippen molar-refractivity contribution < 1.29 is 9.47 Å². The second-order valence-electron chi connectivity index (χ2n) is 2.06. The molecule has 0 N–H and O–H groups in total. The lowest BCUT2D eigenvalue weighted by molar-refractivity contribution is 0.326. The topological polar surface area (TPSA) is 30.8 Å². The first-order chi connectivity index (χ1) is 5.33. The molecule has 0 unspecified atom stereocenters. The van der Waals surface area contributed by atoms with Crippen LogP contribution in [0.3, 0.4) is 0 Å². The van der Waals surface area contributed by atoms with Crippen LogP contribution < -0.4 is 0 Å². The predicted molar refractivity (Wildman–Crippen MR) is 43.0 cm³/mol. The fraction of sp³-hybridized carbons (Fsp3) is 0.375. The summed E-state index contributed by atoms with van der Waals surface area (Å²) in [7, 11) is 0. The Bertz CT molecular complexity index is 216. The Labute approximate surface area is 66.0 Å². The van der Waals surface area contributed by atoms with Gasteiger partial charge in [0.2, 0.25) is 5.90 Å². The SMILES string of the molecule is CCOC1=NC=COC(C)=C1. The number of hydrogen-bond donors (Lipinski definition) is 0. The van der Waals surface area contributed by atoms with Gasteiger partial charge in [0.1, 0.15) is 12.0 Å². The second kappa shape index (κ2) is 3.81. The zero-order chi connectivity index (χ0) is 8.10. The van der Waals surface area contributed by atoms with E-state index in [0.717, 1.165) is 5.76 Å². The van der Waals surface area contributed by atoms with E-state index < -0.39 is 0 Å². The molecule has 0 saturated carbocycles. The Morgan fingerprint density at radius 2 is 2.45 bits per heavy atom. The van der Waals surface area contributed by atoms with E-state index in [0.29, 0.717) is 12.5 Å². The van der Waals surface area contributed by atoms with Gasteiger partial charge in [0, 0.05) is 6.08 Å². The van der Waals surface area contributed by atoms with E-state index >= 15 is 0 Å². The number of allylic oxidation sites excluding steroid dienone is 1. The molecule has 1 aliphatic rings. The number of rotatable bonds is 1. The molecule has 0 bridgehead atoms. The number of ether oxygens (including phenoxy) is 2. The predicted octanol–water partition coefficient (Wildman–Crippen LogP) is 1.83. The monoisotopic (exact) mass is 153 g/mol. The summed E-state index contributed by atoms with van der Waals surface area (Å²) in [5.41, 5.74) is 0. The van der Waals surface area contributed by atoms with Gasteiger partial charge in [-0.1, -0.05) is 0 Å². The van der Waals surface area contributed by atoms with Crippen LogP contribution in [-0.2, 0) is 9.47 Å². The highest BCUT2D eigenvalue weighted by molar-refractivity contribution is 5.88. The minimum Gasteiger partial charge on any atom is -0.478 e. The molecule has 60 valence electrons. The standard InChI is InChI=1S/C8H11NO2/c1-3-10-8-6-7(2)11-5-4-9-8/h4-6H,3H2,1-2H3. The summed E-state index contributed by atoms with van der Waals surface area (Å²) in [6.07, 6.45) is 4.85. The Balaban J connectivity index is 2.68. The van der Waals surface area contributed by atoms with Gasteiger partial charge in [0.15, 0.2) is 0 Å². The second-order valence-corrected chi connectivity index (χ2v) is 2.06. The van der Waals surface area contributed by atoms with E-state index in [9.17, 15) is 0 Å². The minimum absolute atomic E-state index is 0.596. The normalized spacial score (nSPS) is 16.2. The summed E-state index contributed by atoms with van der Waals surface area (Å²) >= 11 is 0. The van der Waals surface area contributed by atoms with Crippen LogP contribution in [0, 0.1) is 0 Å². The highest BCUT2D eigenvalue weighted by atomic mass is 16.5. The molecule has 1 heterocycles. The van der Waals surface area contributed by atoms with Crippen molar-refractivity contribution in [3.8, 4) is 0 Å². The van der Waals surface area contributed by atoms with E-state index in [1.54, 1.807) is 12.3 Å². The third kappa shape index (κ3) is 2.45. The van der Waals surface area contributed by atoms with Crippen LogP contribution >= 0.6 is 0 Å². The molecule has 0 fully saturated rings. The van der Waals surface area contributed by atoms with Gasteiger partial charge in [-0.05, 0) is 13.8 Å². The maximum atomic E-state index is 5.18. The first-order valence-electron chi connectivity index (χ1n) is 3.53. The molecular weight excluding hydrogens is 142 g/mol. The van der Waals surface area contributed by atoms with Crippen molar-refractivity contribution in [2.45, 2.75) is 13.8 Å². The lowest BCUT2D eigenvalue weighted by atomic mass is 10.5. The Hall–Kier alpha value is -1.25. The van der Waals surface area contributed by atoms with Crippen molar-refractivity contribution in [1.82, 2.24) is 0 Å². The molecule has 0 aromatic carbocycles. The molecule has 0 radical (unpaired) electrons. The number of aliphatic imine (C=N–C) groups is 1. The molecule has 0 saturated heterocycles. The molecule has 0 spiro atoms. The maximum Gasteiger partial charge on any atom is 0.216 e. The summed E-state index contributed by atoms with van der Waals surface area (Å²) in [6.45, 7) is 4.39. The largest absolute Gasteiger partial charge is 0.478 e. The van der Waals surface area contributed by atoms with Gasteiger partial charge in [-0.25, -0.2) is 4.99 Å². The van der Waals surface area contributed by atoms with Crippen molar-refractivity contribution in [2.75, 3.05) is 6.61 Å². The van der Waals surface area contributed by atoms with Gasteiger partial charge >= 0.3 is 0 Å². The van der Waals surface area contributed by atoms with Crippen LogP contribution in [0.15, 0.2) is 29.3 Å². The fourth-order valence-electron chi connectivity index (χ4n) is 0.714. The molecule has 11 heavy (non-hydrogen) atoms. The van der Waals surface area contributed by atoms with Crippen molar-refractivity contribution in [1.29, 1.82) is 0 Å². The minimum atomic E-state index is 0.596. The molecule has 1 aliphatic heterocycles. The average Bonchev–Trinajstić information content (AvgIpc) is 2.15.